The zero-order valence-electron chi connectivity index (χ0n) is 20.0. The van der Waals surface area contributed by atoms with Crippen LogP contribution in [0.1, 0.15) is 58.4 Å². The van der Waals surface area contributed by atoms with Gasteiger partial charge in [0.05, 0.1) is 11.6 Å². The maximum atomic E-state index is 12.8. The predicted molar refractivity (Wildman–Crippen MR) is 129 cm³/mol. The number of aliphatic hydroxyl groups is 1. The quantitative estimate of drug-likeness (QED) is 0.357. The van der Waals surface area contributed by atoms with E-state index in [1.807, 2.05) is 20.8 Å². The van der Waals surface area contributed by atoms with Crippen LogP contribution < -0.4 is 16.4 Å². The number of fused-ring (bicyclic) bond motifs is 1. The monoisotopic (exact) mass is 492 g/mol. The minimum absolute atomic E-state index is 0.0329. The first-order chi connectivity index (χ1) is 16.4. The molecule has 1 aromatic carbocycles. The summed E-state index contributed by atoms with van der Waals surface area (Å²) in [5.74, 6) is 0.175. The van der Waals surface area contributed by atoms with Crippen molar-refractivity contribution in [2.24, 2.45) is 0 Å². The second kappa shape index (κ2) is 9.52. The third-order valence-corrected chi connectivity index (χ3v) is 6.11. The second-order valence-corrected chi connectivity index (χ2v) is 10.2. The molecule has 0 radical (unpaired) electrons. The molecule has 1 aliphatic carbocycles. The summed E-state index contributed by atoms with van der Waals surface area (Å²) in [6.07, 6.45) is -0.411. The molecule has 3 aromatic rings. The number of nitrogens with one attached hydrogen (secondary N) is 2. The Morgan fingerprint density at radius 2 is 1.86 bits per heavy atom. The average molecular weight is 493 g/mol. The largest absolute Gasteiger partial charge is 0.405 e. The minimum Gasteiger partial charge on any atom is -0.402 e. The fourth-order valence-corrected chi connectivity index (χ4v) is 4.36. The van der Waals surface area contributed by atoms with Gasteiger partial charge in [0.15, 0.2) is 0 Å². The van der Waals surface area contributed by atoms with Gasteiger partial charge in [-0.1, -0.05) is 38.7 Å². The van der Waals surface area contributed by atoms with Gasteiger partial charge in [0.25, 0.3) is 5.89 Å². The van der Waals surface area contributed by atoms with E-state index >= 15 is 0 Å². The molecule has 1 aliphatic rings. The molecule has 2 heterocycles. The zero-order chi connectivity index (χ0) is 25.4. The molecule has 1 fully saturated rings. The highest BCUT2D eigenvalue weighted by molar-refractivity contribution is 5.97. The Morgan fingerprint density at radius 1 is 1.11 bits per heavy atom. The van der Waals surface area contributed by atoms with Crippen molar-refractivity contribution in [3.8, 4) is 11.6 Å². The molecule has 35 heavy (non-hydrogen) atoms. The van der Waals surface area contributed by atoms with Crippen molar-refractivity contribution < 1.29 is 22.7 Å². The Labute approximate surface area is 201 Å². The first-order valence-electron chi connectivity index (χ1n) is 11.7. The van der Waals surface area contributed by atoms with Crippen LogP contribution in [-0.2, 0) is 5.41 Å². The molecule has 1 saturated carbocycles. The topological polar surface area (TPSA) is 122 Å². The molecule has 0 spiro atoms. The molecule has 11 heteroatoms. The van der Waals surface area contributed by atoms with E-state index in [9.17, 15) is 18.3 Å². The zero-order valence-corrected chi connectivity index (χ0v) is 20.0. The van der Waals surface area contributed by atoms with Crippen molar-refractivity contribution in [1.82, 2.24) is 15.2 Å². The van der Waals surface area contributed by atoms with Gasteiger partial charge >= 0.3 is 12.2 Å². The van der Waals surface area contributed by atoms with Crippen LogP contribution in [0.2, 0.25) is 0 Å². The lowest BCUT2D eigenvalue weighted by Gasteiger charge is -2.23. The summed E-state index contributed by atoms with van der Waals surface area (Å²) >= 11 is 0. The fraction of sp³-hybridized carbons (Fsp3) is 0.542. The highest BCUT2D eigenvalue weighted by atomic mass is 19.4. The number of benzene rings is 1. The van der Waals surface area contributed by atoms with Gasteiger partial charge in [-0.15, -0.1) is 5.10 Å². The number of halogens is 3. The molecule has 2 atom stereocenters. The predicted octanol–water partition coefficient (Wildman–Crippen LogP) is 5.24. The van der Waals surface area contributed by atoms with Crippen LogP contribution in [-0.4, -0.2) is 45.2 Å². The van der Waals surface area contributed by atoms with Crippen LogP contribution in [0.3, 0.4) is 0 Å². The third-order valence-electron chi connectivity index (χ3n) is 6.11. The molecule has 5 N–H and O–H groups in total. The molecular weight excluding hydrogens is 461 g/mol. The molecule has 0 amide bonds. The van der Waals surface area contributed by atoms with Crippen LogP contribution in [0.25, 0.3) is 22.5 Å². The summed E-state index contributed by atoms with van der Waals surface area (Å²) in [5.41, 5.74) is 8.22. The summed E-state index contributed by atoms with van der Waals surface area (Å²) in [5, 5.41) is 24.4. The number of rotatable bonds is 5. The molecular formula is C24H31F3N6O2. The Bertz CT molecular complexity index is 1190. The standard InChI is InChI=1S/C24H31F3N6O2/c1-23(2,3)17-10-14(29-12-24(25,26)27)9-16-18(28)11-19(31-20(16)17)21-32-33-22(35-21)30-13-6-4-5-7-15(34)8-13/h9-11,13,15,29,34H,4-8,12H2,1-3H3,(H2,28,31)(H,30,33). The summed E-state index contributed by atoms with van der Waals surface area (Å²) in [6.45, 7) is 4.71. The van der Waals surface area contributed by atoms with E-state index < -0.39 is 18.1 Å². The van der Waals surface area contributed by atoms with E-state index in [4.69, 9.17) is 15.1 Å². The van der Waals surface area contributed by atoms with Crippen molar-refractivity contribution in [3.63, 3.8) is 0 Å². The SMILES string of the molecule is CC(C)(C)c1cc(NCC(F)(F)F)cc2c(N)cc(-c3nnc(NC4CCCCC(O)C4)o3)nc12. The Balaban J connectivity index is 1.67. The van der Waals surface area contributed by atoms with Crippen molar-refractivity contribution in [1.29, 1.82) is 0 Å². The molecule has 0 bridgehead atoms. The maximum Gasteiger partial charge on any atom is 0.405 e. The van der Waals surface area contributed by atoms with Crippen LogP contribution in [0, 0.1) is 0 Å². The average Bonchev–Trinajstić information content (AvgIpc) is 3.12. The van der Waals surface area contributed by atoms with E-state index in [1.165, 1.54) is 0 Å². The first-order valence-corrected chi connectivity index (χ1v) is 11.7. The first kappa shape index (κ1) is 25.0. The summed E-state index contributed by atoms with van der Waals surface area (Å²) in [7, 11) is 0. The number of hydrogen-bond acceptors (Lipinski definition) is 8. The Kier molecular flexibility index (Phi) is 6.81. The number of anilines is 3. The normalized spacial score (nSPS) is 19.5. The van der Waals surface area contributed by atoms with Crippen molar-refractivity contribution in [3.05, 3.63) is 23.8 Å². The van der Waals surface area contributed by atoms with Gasteiger partial charge < -0.3 is 25.9 Å². The van der Waals surface area contributed by atoms with Gasteiger partial charge in [-0.25, -0.2) is 4.98 Å². The van der Waals surface area contributed by atoms with E-state index in [0.29, 0.717) is 34.4 Å². The minimum atomic E-state index is -4.34. The number of pyridine rings is 1. The molecule has 4 rings (SSSR count). The third kappa shape index (κ3) is 6.14. The molecule has 0 aliphatic heterocycles. The Morgan fingerprint density at radius 3 is 2.57 bits per heavy atom. The number of aromatic nitrogens is 3. The number of nitrogens with two attached hydrogens (primary N) is 1. The molecule has 190 valence electrons. The highest BCUT2D eigenvalue weighted by Gasteiger charge is 2.28. The van der Waals surface area contributed by atoms with Gasteiger partial charge in [-0.05, 0) is 48.4 Å². The smallest absolute Gasteiger partial charge is 0.402 e. The lowest BCUT2D eigenvalue weighted by Crippen LogP contribution is -2.23. The molecule has 0 saturated heterocycles. The lowest BCUT2D eigenvalue weighted by atomic mass is 9.84. The number of aliphatic hydroxyl groups excluding tert-OH is 1. The Hall–Kier alpha value is -3.08. The molecule has 2 aromatic heterocycles. The number of nitrogen functional groups attached to an aromatic ring is 1. The summed E-state index contributed by atoms with van der Waals surface area (Å²) < 4.78 is 44.1. The van der Waals surface area contributed by atoms with E-state index in [0.717, 1.165) is 31.2 Å². The number of alkyl halides is 3. The molecule has 2 unspecified atom stereocenters. The van der Waals surface area contributed by atoms with Crippen LogP contribution in [0.5, 0.6) is 0 Å². The van der Waals surface area contributed by atoms with Crippen LogP contribution in [0.4, 0.5) is 30.6 Å². The van der Waals surface area contributed by atoms with Gasteiger partial charge in [-0.3, -0.25) is 0 Å². The van der Waals surface area contributed by atoms with E-state index in [2.05, 4.69) is 20.8 Å². The van der Waals surface area contributed by atoms with Crippen molar-refractivity contribution >= 4 is 28.3 Å². The van der Waals surface area contributed by atoms with Gasteiger partial charge in [-0.2, -0.15) is 13.2 Å². The van der Waals surface area contributed by atoms with Gasteiger partial charge in [0.2, 0.25) is 0 Å². The van der Waals surface area contributed by atoms with E-state index in [1.54, 1.807) is 18.2 Å². The van der Waals surface area contributed by atoms with Gasteiger partial charge in [0, 0.05) is 22.8 Å². The maximum absolute atomic E-state index is 12.8. The van der Waals surface area contributed by atoms with Crippen LogP contribution >= 0.6 is 0 Å². The summed E-state index contributed by atoms with van der Waals surface area (Å²) in [6, 6.07) is 5.09. The van der Waals surface area contributed by atoms with Crippen molar-refractivity contribution in [2.75, 3.05) is 22.9 Å². The van der Waals surface area contributed by atoms with Crippen LogP contribution in [0.15, 0.2) is 22.6 Å². The second-order valence-electron chi connectivity index (χ2n) is 10.2. The molecule has 8 nitrogen and oxygen atoms in total. The van der Waals surface area contributed by atoms with Crippen molar-refractivity contribution in [2.45, 2.75) is 76.6 Å². The fourth-order valence-electron chi connectivity index (χ4n) is 4.36. The lowest BCUT2D eigenvalue weighted by molar-refractivity contribution is -0.115. The number of hydrogen-bond donors (Lipinski definition) is 4. The van der Waals surface area contributed by atoms with Gasteiger partial charge in [0.1, 0.15) is 12.2 Å². The van der Waals surface area contributed by atoms with E-state index in [-0.39, 0.29) is 24.1 Å². The summed E-state index contributed by atoms with van der Waals surface area (Å²) in [4.78, 5) is 4.72. The number of nitrogens with zero attached hydrogens (tertiary/aromatic N) is 3. The highest BCUT2D eigenvalue weighted by Crippen LogP contribution is 2.36.